The van der Waals surface area contributed by atoms with Crippen LogP contribution in [-0.2, 0) is 0 Å². The van der Waals surface area contributed by atoms with E-state index in [2.05, 4.69) is 27.7 Å². The van der Waals surface area contributed by atoms with Crippen molar-refractivity contribution in [2.75, 3.05) is 0 Å². The van der Waals surface area contributed by atoms with E-state index in [1.807, 2.05) is 0 Å². The summed E-state index contributed by atoms with van der Waals surface area (Å²) in [5, 5.41) is 2.85. The summed E-state index contributed by atoms with van der Waals surface area (Å²) in [4.78, 5) is 0. The fraction of sp³-hybridized carbons (Fsp3) is 1.00. The summed E-state index contributed by atoms with van der Waals surface area (Å²) in [6, 6.07) is 0. The molecule has 0 aliphatic carbocycles. The first-order valence-corrected chi connectivity index (χ1v) is 7.28. The van der Waals surface area contributed by atoms with Gasteiger partial charge in [-0.25, -0.2) is 0 Å². The summed E-state index contributed by atoms with van der Waals surface area (Å²) >= 11 is 0.815. The van der Waals surface area contributed by atoms with Gasteiger partial charge >= 0.3 is 0 Å². The highest BCUT2D eigenvalue weighted by Gasteiger charge is 1.80. The Morgan fingerprint density at radius 1 is 0.692 bits per heavy atom. The number of unbranched alkanes of at least 4 members (excludes halogenated alkanes) is 4. The molecular weight excluding hydrogens is 195 g/mol. The highest BCUT2D eigenvalue weighted by atomic mass is 35.5. The number of hydrogen-bond acceptors (Lipinski definition) is 0. The summed E-state index contributed by atoms with van der Waals surface area (Å²) in [6.07, 6.45) is 7.01. The van der Waals surface area contributed by atoms with Crippen molar-refractivity contribution in [2.45, 2.75) is 70.4 Å². The maximum atomic E-state index is 2.25. The van der Waals surface area contributed by atoms with Gasteiger partial charge in [-0.15, -0.1) is 23.0 Å². The standard InChI is InChI=1S/C7H16.2C2H5.Al.ClH/c1-3-5-7-6-4-2;2*1-2;;/h3-7H2,1-2H3;2*1H2,2H3;;1H. The second-order valence-corrected chi connectivity index (χ2v) is 5.38. The molecule has 0 atom stereocenters. The molecule has 0 saturated heterocycles. The van der Waals surface area contributed by atoms with Crippen LogP contribution in [0.3, 0.4) is 0 Å². The Balaban J connectivity index is -0.000000150. The molecule has 0 saturated carbocycles. The maximum absolute atomic E-state index is 2.25. The van der Waals surface area contributed by atoms with Crippen molar-refractivity contribution in [1.29, 1.82) is 0 Å². The molecule has 1 radical (unpaired) electrons. The lowest BCUT2D eigenvalue weighted by Crippen LogP contribution is -1.76. The van der Waals surface area contributed by atoms with E-state index in [-0.39, 0.29) is 12.4 Å². The van der Waals surface area contributed by atoms with Crippen molar-refractivity contribution < 1.29 is 0 Å². The normalized spacial score (nSPS) is 8.00. The Morgan fingerprint density at radius 3 is 1.23 bits per heavy atom. The van der Waals surface area contributed by atoms with Crippen LogP contribution in [0, 0.1) is 0 Å². The lowest BCUT2D eigenvalue weighted by molar-refractivity contribution is 0.656. The van der Waals surface area contributed by atoms with Gasteiger partial charge in [0, 0.05) is 0 Å². The molecule has 2 heteroatoms. The van der Waals surface area contributed by atoms with Crippen LogP contribution in [0.1, 0.15) is 59.8 Å². The van der Waals surface area contributed by atoms with Gasteiger partial charge in [-0.05, 0) is 0 Å². The first-order chi connectivity index (χ1) is 5.83. The van der Waals surface area contributed by atoms with Gasteiger partial charge in [0.15, 0.2) is 15.2 Å². The fourth-order valence-electron chi connectivity index (χ4n) is 0.965. The van der Waals surface area contributed by atoms with Gasteiger partial charge in [0.25, 0.3) is 0 Å². The van der Waals surface area contributed by atoms with Gasteiger partial charge in [-0.3, -0.25) is 0 Å². The van der Waals surface area contributed by atoms with E-state index in [0.29, 0.717) is 0 Å². The molecule has 0 N–H and O–H groups in total. The molecule has 0 amide bonds. The lowest BCUT2D eigenvalue weighted by Gasteiger charge is -1.90. The first kappa shape index (κ1) is 19.4. The molecule has 0 aromatic heterocycles. The van der Waals surface area contributed by atoms with E-state index in [1.165, 1.54) is 42.7 Å². The van der Waals surface area contributed by atoms with Crippen molar-refractivity contribution in [3.8, 4) is 0 Å². The molecule has 0 fully saturated rings. The van der Waals surface area contributed by atoms with Crippen LogP contribution in [0.25, 0.3) is 0 Å². The topological polar surface area (TPSA) is 0 Å². The molecule has 0 spiro atoms. The van der Waals surface area contributed by atoms with Crippen LogP contribution in [-0.4, -0.2) is 15.2 Å². The zero-order valence-corrected chi connectivity index (χ0v) is 11.9. The van der Waals surface area contributed by atoms with Crippen molar-refractivity contribution >= 4 is 27.6 Å². The molecule has 0 aromatic rings. The Kier molecular flexibility index (Phi) is 34.4. The molecule has 0 bridgehead atoms. The van der Waals surface area contributed by atoms with E-state index in [1.54, 1.807) is 0 Å². The van der Waals surface area contributed by atoms with Crippen LogP contribution < -0.4 is 0 Å². The first-order valence-electron chi connectivity index (χ1n) is 5.64. The molecular formula is C11H27AlCl. The molecule has 81 valence electrons. The van der Waals surface area contributed by atoms with E-state index >= 15 is 0 Å². The summed E-state index contributed by atoms with van der Waals surface area (Å²) in [6.45, 7) is 8.99. The fourth-order valence-corrected chi connectivity index (χ4v) is 1.54. The van der Waals surface area contributed by atoms with Gasteiger partial charge in [-0.1, -0.05) is 59.8 Å². The third-order valence-corrected chi connectivity index (χ3v) is 2.94. The van der Waals surface area contributed by atoms with E-state index in [0.717, 1.165) is 15.2 Å². The predicted octanol–water partition coefficient (Wildman–Crippen LogP) is 4.97. The minimum absolute atomic E-state index is 0. The summed E-state index contributed by atoms with van der Waals surface area (Å²) in [7, 11) is 0. The largest absolute Gasteiger partial charge is 0.198 e. The summed E-state index contributed by atoms with van der Waals surface area (Å²) < 4.78 is 0. The summed E-state index contributed by atoms with van der Waals surface area (Å²) in [5.74, 6) is 0. The SMILES string of the molecule is CCCCCCC.C[CH2][Al][CH2]C.Cl. The zero-order chi connectivity index (χ0) is 9.66. The molecule has 13 heavy (non-hydrogen) atoms. The number of halogens is 1. The molecule has 0 rings (SSSR count). The quantitative estimate of drug-likeness (QED) is 0.439. The van der Waals surface area contributed by atoms with Gasteiger partial charge in [-0.2, -0.15) is 0 Å². The Bertz CT molecular complexity index is 52.1. The number of rotatable bonds is 6. The van der Waals surface area contributed by atoms with Gasteiger partial charge in [0.1, 0.15) is 0 Å². The predicted molar refractivity (Wildman–Crippen MR) is 68.4 cm³/mol. The molecule has 0 aromatic carbocycles. The average Bonchev–Trinajstić information content (AvgIpc) is 2.08. The van der Waals surface area contributed by atoms with Gasteiger partial charge in [0.05, 0.1) is 0 Å². The minimum Gasteiger partial charge on any atom is -0.147 e. The van der Waals surface area contributed by atoms with Crippen molar-refractivity contribution in [3.05, 3.63) is 0 Å². The van der Waals surface area contributed by atoms with Crippen molar-refractivity contribution in [1.82, 2.24) is 0 Å². The number of hydrogen-bond donors (Lipinski definition) is 0. The molecule has 0 heterocycles. The van der Waals surface area contributed by atoms with Crippen LogP contribution in [0.15, 0.2) is 0 Å². The monoisotopic (exact) mass is 221 g/mol. The molecule has 0 aliphatic heterocycles. The highest BCUT2D eigenvalue weighted by Crippen LogP contribution is 2.00. The maximum Gasteiger partial charge on any atom is 0.198 e. The van der Waals surface area contributed by atoms with E-state index in [4.69, 9.17) is 0 Å². The Hall–Kier alpha value is 0.822. The van der Waals surface area contributed by atoms with Gasteiger partial charge < -0.3 is 0 Å². The third kappa shape index (κ3) is 32.3. The Labute approximate surface area is 98.0 Å². The second-order valence-electron chi connectivity index (χ2n) is 3.17. The van der Waals surface area contributed by atoms with Gasteiger partial charge in [0.2, 0.25) is 0 Å². The average molecular weight is 222 g/mol. The Morgan fingerprint density at radius 2 is 1.08 bits per heavy atom. The second kappa shape index (κ2) is 23.0. The zero-order valence-electron chi connectivity index (χ0n) is 9.94. The van der Waals surface area contributed by atoms with Crippen molar-refractivity contribution in [2.24, 2.45) is 0 Å². The van der Waals surface area contributed by atoms with Crippen LogP contribution in [0.2, 0.25) is 10.6 Å². The van der Waals surface area contributed by atoms with Crippen LogP contribution >= 0.6 is 12.4 Å². The van der Waals surface area contributed by atoms with Crippen LogP contribution in [0.4, 0.5) is 0 Å². The molecule has 0 nitrogen and oxygen atoms in total. The van der Waals surface area contributed by atoms with Crippen LogP contribution in [0.5, 0.6) is 0 Å². The van der Waals surface area contributed by atoms with E-state index < -0.39 is 0 Å². The third-order valence-electron chi connectivity index (χ3n) is 1.78. The molecule has 0 aliphatic rings. The minimum atomic E-state index is 0. The molecule has 0 unspecified atom stereocenters. The van der Waals surface area contributed by atoms with Crippen molar-refractivity contribution in [3.63, 3.8) is 0 Å². The van der Waals surface area contributed by atoms with E-state index in [9.17, 15) is 0 Å². The highest BCUT2D eigenvalue weighted by molar-refractivity contribution is 6.34. The summed E-state index contributed by atoms with van der Waals surface area (Å²) in [5.41, 5.74) is 0. The smallest absolute Gasteiger partial charge is 0.147 e. The lowest BCUT2D eigenvalue weighted by atomic mass is 10.2.